The van der Waals surface area contributed by atoms with Crippen molar-refractivity contribution in [1.82, 2.24) is 19.5 Å². The summed E-state index contributed by atoms with van der Waals surface area (Å²) in [5.74, 6) is -8.14. The molecule has 0 unspecified atom stereocenters. The molecule has 11 rings (SSSR count). The molecule has 0 spiro atoms. The number of ether oxygens (including phenoxy) is 12. The summed E-state index contributed by atoms with van der Waals surface area (Å²) < 4.78 is 374. The van der Waals surface area contributed by atoms with Gasteiger partial charge < -0.3 is 92.9 Å². The third-order valence-electron chi connectivity index (χ3n) is 14.7. The molecule has 0 atom stereocenters. The molecule has 0 aliphatic rings. The van der Waals surface area contributed by atoms with Gasteiger partial charge in [-0.2, -0.15) is 13.2 Å². The van der Waals surface area contributed by atoms with Gasteiger partial charge in [-0.1, -0.05) is 18.2 Å². The van der Waals surface area contributed by atoms with Crippen LogP contribution in [-0.2, 0) is 38.1 Å². The minimum atomic E-state index is -5.20. The zero-order valence-electron chi connectivity index (χ0n) is 63.9. The minimum Gasteiger partial charge on any atom is -0.475 e. The number of aromatic nitrogens is 4. The third kappa shape index (κ3) is 38.2. The van der Waals surface area contributed by atoms with Crippen molar-refractivity contribution >= 4 is 107 Å². The molecular formula is C74H57ClF27N7O19. The molecule has 0 bridgehead atoms. The molecule has 7 aromatic carbocycles. The second-order valence-corrected chi connectivity index (χ2v) is 24.3. The molecule has 128 heavy (non-hydrogen) atoms. The number of nitrogen functional groups attached to an aromatic ring is 1. The van der Waals surface area contributed by atoms with Crippen LogP contribution < -0.4 is 49.1 Å². The fourth-order valence-corrected chi connectivity index (χ4v) is 9.98. The van der Waals surface area contributed by atoms with E-state index in [1.807, 2.05) is 0 Å². The first-order valence-electron chi connectivity index (χ1n) is 33.8. The molecule has 7 N–H and O–H groups in total. The van der Waals surface area contributed by atoms with Gasteiger partial charge in [0.05, 0.1) is 29.7 Å². The highest BCUT2D eigenvalue weighted by Gasteiger charge is 2.40. The number of nitrogens with zero attached hydrogens (tertiary/aromatic N) is 2. The van der Waals surface area contributed by atoms with Crippen molar-refractivity contribution in [2.45, 2.75) is 76.1 Å². The Kier molecular flexibility index (Phi) is 36.6. The molecule has 4 heterocycles. The number of rotatable bonds is 22. The van der Waals surface area contributed by atoms with Crippen molar-refractivity contribution in [3.05, 3.63) is 194 Å². The van der Waals surface area contributed by atoms with Crippen molar-refractivity contribution in [1.29, 1.82) is 0 Å². The van der Waals surface area contributed by atoms with E-state index in [-0.39, 0.29) is 72.5 Å². The summed E-state index contributed by atoms with van der Waals surface area (Å²) in [5, 5.41) is 11.9. The topological polar surface area (TPSA) is 327 Å². The summed E-state index contributed by atoms with van der Waals surface area (Å²) in [7, 11) is 5.34. The second-order valence-electron chi connectivity index (χ2n) is 23.9. The van der Waals surface area contributed by atoms with Crippen molar-refractivity contribution in [3.8, 4) is 40.2 Å². The Bertz CT molecular complexity index is 5380. The van der Waals surface area contributed by atoms with Gasteiger partial charge in [0.15, 0.2) is 12.6 Å². The number of carbonyl (C=O) groups is 6. The summed E-state index contributed by atoms with van der Waals surface area (Å²) in [4.78, 5) is 75.8. The molecule has 26 nitrogen and oxygen atoms in total. The number of H-pyrrole nitrogens is 3. The Balaban J connectivity index is 0.000000267. The Hall–Kier alpha value is -13.4. The lowest BCUT2D eigenvalue weighted by Crippen LogP contribution is -2.41. The number of carboxylic acid groups (broad SMARTS) is 1. The van der Waals surface area contributed by atoms with Gasteiger partial charge in [0.25, 0.3) is 11.0 Å². The fourth-order valence-electron chi connectivity index (χ4n) is 9.88. The number of nitrogens with one attached hydrogen (secondary N) is 4. The van der Waals surface area contributed by atoms with Gasteiger partial charge in [-0.3, -0.25) is 23.7 Å². The van der Waals surface area contributed by atoms with Crippen molar-refractivity contribution < 1.29 is 209 Å². The van der Waals surface area contributed by atoms with Gasteiger partial charge in [-0.15, -0.1) is 105 Å². The van der Waals surface area contributed by atoms with Gasteiger partial charge in [0.1, 0.15) is 46.7 Å². The highest BCUT2D eigenvalue weighted by Crippen LogP contribution is 2.36. The quantitative estimate of drug-likeness (QED) is 0.00917. The molecule has 11 aromatic rings. The number of halogens is 28. The van der Waals surface area contributed by atoms with E-state index in [0.717, 1.165) is 84.5 Å². The lowest BCUT2D eigenvalue weighted by Gasteiger charge is -2.27. The largest absolute Gasteiger partial charge is 0.576 e. The van der Waals surface area contributed by atoms with E-state index in [2.05, 4.69) is 58.2 Å². The number of alkyl halides is 27. The lowest BCUT2D eigenvalue weighted by molar-refractivity contribution is -0.291. The van der Waals surface area contributed by atoms with Gasteiger partial charge in [-0.05, 0) is 114 Å². The first-order chi connectivity index (χ1) is 59.0. The molecule has 698 valence electrons. The number of aliphatic carboxylic acids is 1. The van der Waals surface area contributed by atoms with E-state index in [0.29, 0.717) is 27.2 Å². The first kappa shape index (κ1) is 105. The van der Waals surface area contributed by atoms with Gasteiger partial charge >= 0.3 is 69.1 Å². The second kappa shape index (κ2) is 44.6. The molecule has 0 fully saturated rings. The highest BCUT2D eigenvalue weighted by atomic mass is 35.5. The summed E-state index contributed by atoms with van der Waals surface area (Å²) in [6, 6.07) is 31.3. The van der Waals surface area contributed by atoms with E-state index in [1.54, 1.807) is 24.4 Å². The normalized spacial score (nSPS) is 11.9. The number of carboxylic acids is 1. The number of anilines is 3. The van der Waals surface area contributed by atoms with Gasteiger partial charge in [0, 0.05) is 145 Å². The van der Waals surface area contributed by atoms with Crippen LogP contribution in [0.4, 0.5) is 140 Å². The minimum absolute atomic E-state index is 0.00596. The number of Topliss-reactive ketones (excluding diaryl/α,β-unsaturated/α-hetero) is 2. The van der Waals surface area contributed by atoms with Gasteiger partial charge in [-0.25, -0.2) is 9.59 Å². The number of nitrogens with two attached hydrogens (primary N) is 1. The Morgan fingerprint density at radius 2 is 0.836 bits per heavy atom. The number of benzene rings is 7. The number of ketones is 2. The average molecular weight is 1900 g/mol. The zero-order chi connectivity index (χ0) is 96.5. The number of methoxy groups -OCH3 is 4. The van der Waals surface area contributed by atoms with Gasteiger partial charge in [0.2, 0.25) is 11.7 Å². The summed E-state index contributed by atoms with van der Waals surface area (Å²) >= 11 is 5.06. The maximum Gasteiger partial charge on any atom is 0.576 e. The number of hydrogen-bond donors (Lipinski definition) is 6. The van der Waals surface area contributed by atoms with Crippen LogP contribution >= 0.6 is 11.6 Å². The number of aromatic amines is 3. The smallest absolute Gasteiger partial charge is 0.475 e. The summed E-state index contributed by atoms with van der Waals surface area (Å²) in [6.07, 6.45) is -43.8. The van der Waals surface area contributed by atoms with Crippen LogP contribution in [0.15, 0.2) is 183 Å². The van der Waals surface area contributed by atoms with E-state index < -0.39 is 140 Å². The monoisotopic (exact) mass is 1900 g/mol. The van der Waals surface area contributed by atoms with E-state index in [1.165, 1.54) is 107 Å². The zero-order valence-corrected chi connectivity index (χ0v) is 64.7. The molecule has 4 aromatic heterocycles. The third-order valence-corrected chi connectivity index (χ3v) is 14.9. The van der Waals surface area contributed by atoms with Crippen LogP contribution in [0.25, 0.3) is 43.6 Å². The van der Waals surface area contributed by atoms with Crippen LogP contribution in [0.5, 0.6) is 40.2 Å². The Labute approximate surface area is 701 Å². The molecule has 1 amide bonds. The summed E-state index contributed by atoms with van der Waals surface area (Å²) in [6.45, 7) is -0.153. The Morgan fingerprint density at radius 3 is 1.26 bits per heavy atom. The predicted octanol–water partition coefficient (Wildman–Crippen LogP) is 20.7. The molecule has 54 heteroatoms. The van der Waals surface area contributed by atoms with Crippen molar-refractivity contribution in [2.75, 3.05) is 57.5 Å². The SMILES string of the molecule is COC(CN(C(=O)CC(F)(F)F)c1cccc(OC(F)(F)F)c1)OC.COC(CNc1cccc(OC(F)(F)F)c1)OC.FC(F)(F)Oc1ccc2cc[nH]c2c1.Nc1cccc(OC(F)(F)F)c1.O=C(Cl)C(=O)c1c[nH]c2cc(OC(F)(F)F)ccc12.O=C(O)C(=O)c1c[nH]c2cc(OC(F)(F)F)ccc12.O=C(OC(F)(F)F)n1ccc2ccc(OC(F)(F)F)cc21. The van der Waals surface area contributed by atoms with Crippen LogP contribution in [0.2, 0.25) is 0 Å². The number of amides is 1. The number of hydrogen-bond acceptors (Lipinski definition) is 20. The average Bonchev–Trinajstić information content (AvgIpc) is 1.65. The van der Waals surface area contributed by atoms with Crippen LogP contribution in [0.1, 0.15) is 27.1 Å². The lowest BCUT2D eigenvalue weighted by atomic mass is 10.1. The fraction of sp³-hybridized carbons (Fsp3) is 0.243. The number of carbonyl (C=O) groups excluding carboxylic acids is 5. The maximum atomic E-state index is 12.5. The molecule has 0 saturated heterocycles. The Morgan fingerprint density at radius 1 is 0.438 bits per heavy atom. The summed E-state index contributed by atoms with van der Waals surface area (Å²) in [5.41, 5.74) is 6.39. The predicted molar refractivity (Wildman–Crippen MR) is 390 cm³/mol. The van der Waals surface area contributed by atoms with Crippen molar-refractivity contribution in [2.24, 2.45) is 0 Å². The molecule has 0 radical (unpaired) electrons. The molecule has 0 aliphatic heterocycles. The molecular weight excluding hydrogens is 1840 g/mol. The molecule has 0 saturated carbocycles. The van der Waals surface area contributed by atoms with Crippen molar-refractivity contribution in [3.63, 3.8) is 0 Å². The standard InChI is InChI=1S/C14H15F6NO4.C11H5ClF3NO3.C11H5F6NO3.C11H6F3NO4.C11H14F3NO3.C9H6F3NO.C7H6F3NO/c1-23-12(24-2)8-21(11(22)7-13(15,16)17)9-4-3-5-10(6-9)25-14(18,19)20;12-10(18)9(17)7-4-16-8-3-5(1-2-6(7)8)19-11(13,14)15;12-10(13,14)20-7-2-1-6-3-4-18(8(6)5-7)9(19)21-11(15,16)17;12-11(13,14)19-5-1-2-6-7(9(16)10(17)18)4-15-8(6)3-5;1-16-10(17-2)7-15-8-4-3-5-9(6-8)18-11(12,13)14;10-9(11,12)14-7-2-1-6-3-4-13-8(6)5-7;8-7(9,10)12-6-3-1-2-5(11)4-6/h3-6,12H,7-8H2,1-2H3;1-4,16H;1-5H;1-4,15H,(H,17,18);3-6,10,15H,7H2,1-2H3;1-5,13H;1-4H,11H2. The number of fused-ring (bicyclic) bond motifs is 4. The highest BCUT2D eigenvalue weighted by molar-refractivity contribution is 6.83. The van der Waals surface area contributed by atoms with E-state index in [4.69, 9.17) is 41.4 Å². The van der Waals surface area contributed by atoms with E-state index in [9.17, 15) is 147 Å². The van der Waals surface area contributed by atoms with Crippen LogP contribution in [0.3, 0.4) is 0 Å². The van der Waals surface area contributed by atoms with E-state index >= 15 is 0 Å². The van der Waals surface area contributed by atoms with Crippen LogP contribution in [0, 0.1) is 0 Å². The first-order valence-corrected chi connectivity index (χ1v) is 34.2. The van der Waals surface area contributed by atoms with Crippen LogP contribution in [-0.4, -0.2) is 171 Å². The molecule has 0 aliphatic carbocycles. The maximum absolute atomic E-state index is 12.5.